The van der Waals surface area contributed by atoms with E-state index in [0.29, 0.717) is 5.46 Å². The fraction of sp³-hybridized carbons (Fsp3) is 0.500. The molecule has 0 bridgehead atoms. The minimum absolute atomic E-state index is 0.0520. The molecule has 0 spiro atoms. The third kappa shape index (κ3) is 2.80. The molecule has 1 saturated heterocycles. The van der Waals surface area contributed by atoms with Crippen LogP contribution < -0.4 is 5.46 Å². The topological polar surface area (TPSA) is 44.8 Å². The van der Waals surface area contributed by atoms with Crippen molar-refractivity contribution < 1.29 is 23.2 Å². The Morgan fingerprint density at radius 1 is 1.24 bits per heavy atom. The van der Waals surface area contributed by atoms with Crippen LogP contribution in [0.1, 0.15) is 38.1 Å². The monoisotopic (exact) mass is 314 g/mol. The number of esters is 1. The summed E-state index contributed by atoms with van der Waals surface area (Å²) in [5, 5.41) is -0.276. The summed E-state index contributed by atoms with van der Waals surface area (Å²) in [4.78, 5) is 11.7. The van der Waals surface area contributed by atoms with E-state index in [1.54, 1.807) is 0 Å². The molecule has 1 aliphatic rings. The summed E-state index contributed by atoms with van der Waals surface area (Å²) in [6.07, 6.45) is 0. The molecule has 114 valence electrons. The molecule has 21 heavy (non-hydrogen) atoms. The first-order valence-electron chi connectivity index (χ1n) is 6.52. The fourth-order valence-electron chi connectivity index (χ4n) is 1.98. The number of hydrogen-bond donors (Lipinski definition) is 0. The van der Waals surface area contributed by atoms with Crippen LogP contribution in [0, 0.1) is 5.82 Å². The molecule has 1 aromatic carbocycles. The molecule has 4 nitrogen and oxygen atoms in total. The van der Waals surface area contributed by atoms with E-state index in [9.17, 15) is 9.18 Å². The maximum absolute atomic E-state index is 13.9. The number of carbonyl (C=O) groups excluding carboxylic acids is 1. The van der Waals surface area contributed by atoms with Crippen molar-refractivity contribution in [1.29, 1.82) is 0 Å². The molecule has 0 atom stereocenters. The quantitative estimate of drug-likeness (QED) is 0.622. The maximum Gasteiger partial charge on any atom is 0.494 e. The number of halogens is 2. The molecule has 7 heteroatoms. The smallest absolute Gasteiger partial charge is 0.465 e. The highest BCUT2D eigenvalue weighted by Gasteiger charge is 2.52. The maximum atomic E-state index is 13.9. The first kappa shape index (κ1) is 16.3. The average molecular weight is 315 g/mol. The Hall–Kier alpha value is -1.11. The fourth-order valence-corrected chi connectivity index (χ4v) is 2.17. The van der Waals surface area contributed by atoms with E-state index in [1.807, 2.05) is 27.7 Å². The lowest BCUT2D eigenvalue weighted by Crippen LogP contribution is -2.41. The van der Waals surface area contributed by atoms with Gasteiger partial charge in [0.15, 0.2) is 0 Å². The van der Waals surface area contributed by atoms with Gasteiger partial charge < -0.3 is 14.0 Å². The number of rotatable bonds is 2. The second-order valence-electron chi connectivity index (χ2n) is 5.94. The Bertz CT molecular complexity index is 573. The van der Waals surface area contributed by atoms with E-state index in [1.165, 1.54) is 19.2 Å². The average Bonchev–Trinajstić information content (AvgIpc) is 2.60. The summed E-state index contributed by atoms with van der Waals surface area (Å²) in [5.41, 5.74) is -0.780. The van der Waals surface area contributed by atoms with E-state index in [-0.39, 0.29) is 10.6 Å². The van der Waals surface area contributed by atoms with Crippen molar-refractivity contribution in [3.8, 4) is 0 Å². The third-order valence-electron chi connectivity index (χ3n) is 3.98. The van der Waals surface area contributed by atoms with Gasteiger partial charge in [-0.25, -0.2) is 9.18 Å². The molecule has 0 saturated carbocycles. The summed E-state index contributed by atoms with van der Waals surface area (Å²) in [6.45, 7) is 7.56. The lowest BCUT2D eigenvalue weighted by molar-refractivity contribution is 0.00578. The molecule has 1 aliphatic heterocycles. The van der Waals surface area contributed by atoms with Gasteiger partial charge in [0, 0.05) is 0 Å². The zero-order valence-electron chi connectivity index (χ0n) is 12.6. The van der Waals surface area contributed by atoms with Crippen LogP contribution in [-0.2, 0) is 14.0 Å². The predicted octanol–water partition coefficient (Wildman–Crippen LogP) is 2.56. The third-order valence-corrected chi connectivity index (χ3v) is 4.37. The van der Waals surface area contributed by atoms with Gasteiger partial charge in [0.1, 0.15) is 5.82 Å². The van der Waals surface area contributed by atoms with E-state index in [0.717, 1.165) is 0 Å². The summed E-state index contributed by atoms with van der Waals surface area (Å²) >= 11 is 5.80. The largest absolute Gasteiger partial charge is 0.494 e. The van der Waals surface area contributed by atoms with E-state index in [2.05, 4.69) is 4.74 Å². The van der Waals surface area contributed by atoms with Crippen LogP contribution in [0.5, 0.6) is 0 Å². The molecule has 0 aromatic heterocycles. The molecule has 1 aromatic rings. The SMILES string of the molecule is COC(=O)c1cc(B2OC(C)(C)C(C)(C)O2)cc(F)c1Cl. The summed E-state index contributed by atoms with van der Waals surface area (Å²) in [7, 11) is 0.433. The van der Waals surface area contributed by atoms with E-state index >= 15 is 0 Å². The van der Waals surface area contributed by atoms with Crippen LogP contribution >= 0.6 is 11.6 Å². The lowest BCUT2D eigenvalue weighted by atomic mass is 9.78. The van der Waals surface area contributed by atoms with E-state index in [4.69, 9.17) is 20.9 Å². The van der Waals surface area contributed by atoms with Gasteiger partial charge in [0.2, 0.25) is 0 Å². The summed E-state index contributed by atoms with van der Waals surface area (Å²) in [6, 6.07) is 2.64. The van der Waals surface area contributed by atoms with Gasteiger partial charge in [-0.1, -0.05) is 11.6 Å². The molecule has 0 amide bonds. The van der Waals surface area contributed by atoms with Crippen LogP contribution in [0.25, 0.3) is 0 Å². The predicted molar refractivity (Wildman–Crippen MR) is 78.5 cm³/mol. The number of methoxy groups -OCH3 is 1. The summed E-state index contributed by atoms with van der Waals surface area (Å²) < 4.78 is 30.2. The van der Waals surface area contributed by atoms with Crippen molar-refractivity contribution in [3.63, 3.8) is 0 Å². The van der Waals surface area contributed by atoms with Crippen LogP contribution in [0.4, 0.5) is 4.39 Å². The van der Waals surface area contributed by atoms with Crippen molar-refractivity contribution in [1.82, 2.24) is 0 Å². The Morgan fingerprint density at radius 3 is 2.24 bits per heavy atom. The van der Waals surface area contributed by atoms with Gasteiger partial charge in [0.25, 0.3) is 0 Å². The lowest BCUT2D eigenvalue weighted by Gasteiger charge is -2.32. The van der Waals surface area contributed by atoms with Crippen molar-refractivity contribution in [2.45, 2.75) is 38.9 Å². The number of hydrogen-bond acceptors (Lipinski definition) is 4. The number of ether oxygens (including phenoxy) is 1. The van der Waals surface area contributed by atoms with Gasteiger partial charge in [-0.3, -0.25) is 0 Å². The zero-order chi connectivity index (χ0) is 16.0. The van der Waals surface area contributed by atoms with Gasteiger partial charge in [-0.05, 0) is 45.3 Å². The highest BCUT2D eigenvalue weighted by molar-refractivity contribution is 6.62. The number of carbonyl (C=O) groups is 1. The molecular weight excluding hydrogens is 297 g/mol. The van der Waals surface area contributed by atoms with Crippen LogP contribution in [0.3, 0.4) is 0 Å². The van der Waals surface area contributed by atoms with E-state index < -0.39 is 30.1 Å². The standard InChI is InChI=1S/C14H17BClFO4/c1-13(2)14(3,4)21-15(20-13)8-6-9(12(18)19-5)11(16)10(17)7-8/h6-7H,1-5H3. The van der Waals surface area contributed by atoms with Crippen molar-refractivity contribution in [2.24, 2.45) is 0 Å². The molecular formula is C14H17BClFO4. The van der Waals surface area contributed by atoms with Crippen molar-refractivity contribution in [2.75, 3.05) is 7.11 Å². The molecule has 2 rings (SSSR count). The number of benzene rings is 1. The van der Waals surface area contributed by atoms with Gasteiger partial charge in [-0.2, -0.15) is 0 Å². The summed E-state index contributed by atoms with van der Waals surface area (Å²) in [5.74, 6) is -1.43. The highest BCUT2D eigenvalue weighted by atomic mass is 35.5. The highest BCUT2D eigenvalue weighted by Crippen LogP contribution is 2.36. The van der Waals surface area contributed by atoms with Crippen molar-refractivity contribution >= 4 is 30.2 Å². The van der Waals surface area contributed by atoms with Crippen molar-refractivity contribution in [3.05, 3.63) is 28.5 Å². The van der Waals surface area contributed by atoms with Crippen LogP contribution in [0.15, 0.2) is 12.1 Å². The van der Waals surface area contributed by atoms with Gasteiger partial charge >= 0.3 is 13.1 Å². The minimum atomic E-state index is -0.773. The van der Waals surface area contributed by atoms with Gasteiger partial charge in [-0.15, -0.1) is 0 Å². The second-order valence-corrected chi connectivity index (χ2v) is 6.32. The zero-order valence-corrected chi connectivity index (χ0v) is 13.4. The molecule has 1 fully saturated rings. The second kappa shape index (κ2) is 5.27. The molecule has 0 radical (unpaired) electrons. The first-order chi connectivity index (χ1) is 9.59. The van der Waals surface area contributed by atoms with Crippen LogP contribution in [-0.4, -0.2) is 31.4 Å². The molecule has 0 N–H and O–H groups in total. The molecule has 0 unspecified atom stereocenters. The Balaban J connectivity index is 2.43. The molecule has 0 aliphatic carbocycles. The Labute approximate surface area is 128 Å². The Morgan fingerprint density at radius 2 is 1.76 bits per heavy atom. The molecule has 1 heterocycles. The van der Waals surface area contributed by atoms with Crippen LogP contribution in [0.2, 0.25) is 5.02 Å². The minimum Gasteiger partial charge on any atom is -0.465 e. The normalized spacial score (nSPS) is 19.7. The van der Waals surface area contributed by atoms with Gasteiger partial charge in [0.05, 0.1) is 28.9 Å². The first-order valence-corrected chi connectivity index (χ1v) is 6.90. The Kier molecular flexibility index (Phi) is 4.08.